The van der Waals surface area contributed by atoms with Gasteiger partial charge in [-0.05, 0) is 49.7 Å². The number of hydrogen-bond acceptors (Lipinski definition) is 3. The molecule has 0 unspecified atom stereocenters. The molecule has 0 fully saturated rings. The fourth-order valence-corrected chi connectivity index (χ4v) is 2.97. The Morgan fingerprint density at radius 1 is 0.952 bits per heavy atom. The van der Waals surface area contributed by atoms with Crippen LogP contribution in [0.1, 0.15) is 18.9 Å². The third kappa shape index (κ3) is 4.79. The minimum Gasteiger partial charge on any atom is -0.457 e. The fourth-order valence-electron chi connectivity index (χ4n) is 1.83. The van der Waals surface area contributed by atoms with E-state index in [0.717, 1.165) is 5.75 Å². The van der Waals surface area contributed by atoms with Gasteiger partial charge in [-0.1, -0.05) is 24.6 Å². The van der Waals surface area contributed by atoms with E-state index in [1.807, 2.05) is 38.1 Å². The van der Waals surface area contributed by atoms with Crippen LogP contribution in [0.25, 0.3) is 0 Å². The van der Waals surface area contributed by atoms with Gasteiger partial charge in [0.1, 0.15) is 11.5 Å². The molecule has 0 aromatic heterocycles. The molecule has 0 spiro atoms. The van der Waals surface area contributed by atoms with Crippen molar-refractivity contribution in [3.8, 4) is 11.5 Å². The molecule has 0 bridgehead atoms. The maximum Gasteiger partial charge on any atom is 0.232 e. The van der Waals surface area contributed by atoms with E-state index in [4.69, 9.17) is 4.74 Å². The molecule has 4 nitrogen and oxygen atoms in total. The van der Waals surface area contributed by atoms with E-state index >= 15 is 0 Å². The summed E-state index contributed by atoms with van der Waals surface area (Å²) < 4.78 is 31.6. The molecule has 112 valence electrons. The molecular weight excluding hydrogens is 286 g/mol. The van der Waals surface area contributed by atoms with Gasteiger partial charge >= 0.3 is 0 Å². The molecule has 0 heterocycles. The second-order valence-electron chi connectivity index (χ2n) is 4.86. The highest BCUT2D eigenvalue weighted by Gasteiger charge is 2.08. The van der Waals surface area contributed by atoms with Crippen molar-refractivity contribution < 1.29 is 13.2 Å². The van der Waals surface area contributed by atoms with Gasteiger partial charge in [-0.3, -0.25) is 4.72 Å². The molecule has 0 amide bonds. The first kappa shape index (κ1) is 15.4. The smallest absolute Gasteiger partial charge is 0.232 e. The number of aryl methyl sites for hydroxylation is 1. The van der Waals surface area contributed by atoms with Gasteiger partial charge in [-0.2, -0.15) is 0 Å². The zero-order valence-electron chi connectivity index (χ0n) is 12.2. The van der Waals surface area contributed by atoms with Crippen molar-refractivity contribution in [1.82, 2.24) is 0 Å². The zero-order valence-corrected chi connectivity index (χ0v) is 13.0. The topological polar surface area (TPSA) is 55.4 Å². The Bertz CT molecular complexity index is 676. The summed E-state index contributed by atoms with van der Waals surface area (Å²) >= 11 is 0. The first-order valence-electron chi connectivity index (χ1n) is 6.83. The molecule has 2 aromatic carbocycles. The summed E-state index contributed by atoms with van der Waals surface area (Å²) in [6.45, 7) is 3.85. The summed E-state index contributed by atoms with van der Waals surface area (Å²) in [5.41, 5.74) is 1.71. The van der Waals surface area contributed by atoms with Crippen LogP contribution in [0.5, 0.6) is 11.5 Å². The van der Waals surface area contributed by atoms with Crippen LogP contribution < -0.4 is 9.46 Å². The van der Waals surface area contributed by atoms with Crippen molar-refractivity contribution in [2.24, 2.45) is 0 Å². The van der Waals surface area contributed by atoms with Crippen molar-refractivity contribution in [3.05, 3.63) is 54.1 Å². The molecule has 5 heteroatoms. The molecule has 1 N–H and O–H groups in total. The number of anilines is 1. The van der Waals surface area contributed by atoms with Crippen LogP contribution in [0.4, 0.5) is 5.69 Å². The van der Waals surface area contributed by atoms with Gasteiger partial charge in [-0.25, -0.2) is 8.42 Å². The molecular formula is C16H19NO3S. The third-order valence-corrected chi connectivity index (χ3v) is 4.35. The van der Waals surface area contributed by atoms with Gasteiger partial charge in [-0.15, -0.1) is 0 Å². The van der Waals surface area contributed by atoms with Crippen LogP contribution in [-0.4, -0.2) is 14.2 Å². The maximum atomic E-state index is 11.7. The number of ether oxygens (including phenoxy) is 1. The predicted octanol–water partition coefficient (Wildman–Crippen LogP) is 3.94. The van der Waals surface area contributed by atoms with Crippen molar-refractivity contribution in [2.45, 2.75) is 20.3 Å². The van der Waals surface area contributed by atoms with Gasteiger partial charge < -0.3 is 4.74 Å². The highest BCUT2D eigenvalue weighted by molar-refractivity contribution is 7.92. The van der Waals surface area contributed by atoms with E-state index in [1.54, 1.807) is 24.3 Å². The number of nitrogens with one attached hydrogen (secondary N) is 1. The van der Waals surface area contributed by atoms with Crippen molar-refractivity contribution in [1.29, 1.82) is 0 Å². The Morgan fingerprint density at radius 2 is 1.48 bits per heavy atom. The Morgan fingerprint density at radius 3 is 2.00 bits per heavy atom. The Balaban J connectivity index is 2.03. The second kappa shape index (κ2) is 6.63. The van der Waals surface area contributed by atoms with Gasteiger partial charge in [0.2, 0.25) is 10.0 Å². The first-order chi connectivity index (χ1) is 9.98. The SMILES string of the molecule is CCCS(=O)(=O)Nc1ccc(Oc2ccc(C)cc2)cc1. The maximum absolute atomic E-state index is 11.7. The van der Waals surface area contributed by atoms with Gasteiger partial charge in [0.15, 0.2) is 0 Å². The van der Waals surface area contributed by atoms with Crippen LogP contribution in [0.15, 0.2) is 48.5 Å². The highest BCUT2D eigenvalue weighted by atomic mass is 32.2. The van der Waals surface area contributed by atoms with E-state index in [0.29, 0.717) is 17.9 Å². The van der Waals surface area contributed by atoms with E-state index in [-0.39, 0.29) is 5.75 Å². The summed E-state index contributed by atoms with van der Waals surface area (Å²) in [7, 11) is -3.25. The first-order valence-corrected chi connectivity index (χ1v) is 8.49. The van der Waals surface area contributed by atoms with Crippen LogP contribution in [0.3, 0.4) is 0 Å². The molecule has 0 atom stereocenters. The fraction of sp³-hybridized carbons (Fsp3) is 0.250. The Hall–Kier alpha value is -2.01. The molecule has 0 radical (unpaired) electrons. The minimum atomic E-state index is -3.25. The van der Waals surface area contributed by atoms with Crippen LogP contribution in [0.2, 0.25) is 0 Å². The number of hydrogen-bond donors (Lipinski definition) is 1. The molecule has 2 aromatic rings. The lowest BCUT2D eigenvalue weighted by atomic mass is 10.2. The van der Waals surface area contributed by atoms with Crippen LogP contribution in [0, 0.1) is 6.92 Å². The van der Waals surface area contributed by atoms with Gasteiger partial charge in [0.25, 0.3) is 0 Å². The largest absolute Gasteiger partial charge is 0.457 e. The molecule has 0 aliphatic rings. The summed E-state index contributed by atoms with van der Waals surface area (Å²) in [5.74, 6) is 1.53. The molecule has 2 rings (SSSR count). The Labute approximate surface area is 125 Å². The lowest BCUT2D eigenvalue weighted by Crippen LogP contribution is -2.15. The average Bonchev–Trinajstić information content (AvgIpc) is 2.43. The predicted molar refractivity (Wildman–Crippen MR) is 85.4 cm³/mol. The standard InChI is InChI=1S/C16H19NO3S/c1-3-12-21(18,19)17-14-6-10-16(11-7-14)20-15-8-4-13(2)5-9-15/h4-11,17H,3,12H2,1-2H3. The quantitative estimate of drug-likeness (QED) is 0.879. The van der Waals surface area contributed by atoms with E-state index in [2.05, 4.69) is 4.72 Å². The van der Waals surface area contributed by atoms with Crippen molar-refractivity contribution >= 4 is 15.7 Å². The number of sulfonamides is 1. The molecule has 0 saturated carbocycles. The monoisotopic (exact) mass is 305 g/mol. The van der Waals surface area contributed by atoms with Gasteiger partial charge in [0.05, 0.1) is 5.75 Å². The van der Waals surface area contributed by atoms with Crippen molar-refractivity contribution in [3.63, 3.8) is 0 Å². The summed E-state index contributed by atoms with van der Waals surface area (Å²) in [6.07, 6.45) is 0.587. The molecule has 0 aliphatic heterocycles. The normalized spacial score (nSPS) is 11.1. The zero-order chi connectivity index (χ0) is 15.3. The summed E-state index contributed by atoms with van der Waals surface area (Å²) in [4.78, 5) is 0. The van der Waals surface area contributed by atoms with Gasteiger partial charge in [0, 0.05) is 5.69 Å². The third-order valence-electron chi connectivity index (χ3n) is 2.86. The number of rotatable bonds is 6. The van der Waals surface area contributed by atoms with E-state index < -0.39 is 10.0 Å². The van der Waals surface area contributed by atoms with Crippen LogP contribution in [-0.2, 0) is 10.0 Å². The lowest BCUT2D eigenvalue weighted by molar-refractivity contribution is 0.482. The Kier molecular flexibility index (Phi) is 4.85. The summed E-state index contributed by atoms with van der Waals surface area (Å²) in [5, 5.41) is 0. The van der Waals surface area contributed by atoms with E-state index in [1.165, 1.54) is 5.56 Å². The summed E-state index contributed by atoms with van der Waals surface area (Å²) in [6, 6.07) is 14.6. The molecule has 0 saturated heterocycles. The van der Waals surface area contributed by atoms with Crippen LogP contribution >= 0.6 is 0 Å². The number of benzene rings is 2. The second-order valence-corrected chi connectivity index (χ2v) is 6.70. The van der Waals surface area contributed by atoms with E-state index in [9.17, 15) is 8.42 Å². The highest BCUT2D eigenvalue weighted by Crippen LogP contribution is 2.23. The van der Waals surface area contributed by atoms with Crippen molar-refractivity contribution in [2.75, 3.05) is 10.5 Å². The molecule has 0 aliphatic carbocycles. The average molecular weight is 305 g/mol. The minimum absolute atomic E-state index is 0.120. The molecule has 21 heavy (non-hydrogen) atoms. The lowest BCUT2D eigenvalue weighted by Gasteiger charge is -2.09.